The molecule has 0 fully saturated rings. The first-order valence-electron chi connectivity index (χ1n) is 7.77. The van der Waals surface area contributed by atoms with Crippen LogP contribution >= 0.6 is 0 Å². The number of hydrogen-bond acceptors (Lipinski definition) is 2. The Balaban J connectivity index is 1.83. The highest BCUT2D eigenvalue weighted by atomic mass is 16.5. The average molecular weight is 287 g/mol. The summed E-state index contributed by atoms with van der Waals surface area (Å²) in [6.45, 7) is 5.27. The van der Waals surface area contributed by atoms with Crippen molar-refractivity contribution >= 4 is 5.91 Å². The van der Waals surface area contributed by atoms with Crippen molar-refractivity contribution in [1.82, 2.24) is 5.32 Å². The van der Waals surface area contributed by atoms with Gasteiger partial charge in [0.25, 0.3) is 0 Å². The standard InChI is InChI=1S/C18H25NO2/c1-14(2)21-13-16-8-6-7-15(11-16)12-19-18(20)17-9-4-3-5-10-17/h3-4,6-8,11,14,17H,5,9-10,12-13H2,1-2H3,(H,19,20)/t17-/m1/s1. The van der Waals surface area contributed by atoms with Crippen LogP contribution in [0.1, 0.15) is 44.2 Å². The molecule has 114 valence electrons. The Morgan fingerprint density at radius 3 is 2.86 bits per heavy atom. The number of carbonyl (C=O) groups is 1. The summed E-state index contributed by atoms with van der Waals surface area (Å²) in [6.07, 6.45) is 7.34. The van der Waals surface area contributed by atoms with Gasteiger partial charge >= 0.3 is 0 Å². The number of ether oxygens (including phenoxy) is 1. The zero-order valence-corrected chi connectivity index (χ0v) is 13.0. The molecule has 1 aliphatic rings. The van der Waals surface area contributed by atoms with Gasteiger partial charge in [0.15, 0.2) is 0 Å². The van der Waals surface area contributed by atoms with Gasteiger partial charge in [0, 0.05) is 12.5 Å². The van der Waals surface area contributed by atoms with Crippen LogP contribution < -0.4 is 5.32 Å². The third-order valence-corrected chi connectivity index (χ3v) is 3.68. The molecular formula is C18H25NO2. The molecule has 0 aliphatic heterocycles. The monoisotopic (exact) mass is 287 g/mol. The number of hydrogen-bond donors (Lipinski definition) is 1. The average Bonchev–Trinajstić information content (AvgIpc) is 2.52. The molecule has 0 bridgehead atoms. The molecule has 2 rings (SSSR count). The van der Waals surface area contributed by atoms with Crippen molar-refractivity contribution in [3.05, 3.63) is 47.5 Å². The molecule has 1 atom stereocenters. The van der Waals surface area contributed by atoms with E-state index in [2.05, 4.69) is 29.6 Å². The van der Waals surface area contributed by atoms with Crippen molar-refractivity contribution in [3.8, 4) is 0 Å². The van der Waals surface area contributed by atoms with E-state index in [1.165, 1.54) is 0 Å². The first-order valence-corrected chi connectivity index (χ1v) is 7.77. The number of nitrogens with one attached hydrogen (secondary N) is 1. The van der Waals surface area contributed by atoms with Crippen LogP contribution in [0.25, 0.3) is 0 Å². The van der Waals surface area contributed by atoms with Gasteiger partial charge in [-0.05, 0) is 44.2 Å². The van der Waals surface area contributed by atoms with Crippen molar-refractivity contribution in [3.63, 3.8) is 0 Å². The van der Waals surface area contributed by atoms with Crippen molar-refractivity contribution in [1.29, 1.82) is 0 Å². The highest BCUT2D eigenvalue weighted by Crippen LogP contribution is 2.18. The number of benzene rings is 1. The van der Waals surface area contributed by atoms with Crippen LogP contribution in [-0.2, 0) is 22.7 Å². The summed E-state index contributed by atoms with van der Waals surface area (Å²) < 4.78 is 5.61. The topological polar surface area (TPSA) is 38.3 Å². The van der Waals surface area contributed by atoms with E-state index in [4.69, 9.17) is 4.74 Å². The SMILES string of the molecule is CC(C)OCc1cccc(CNC(=O)[C@@H]2CC=CCC2)c1. The number of allylic oxidation sites excluding steroid dienone is 2. The predicted molar refractivity (Wildman–Crippen MR) is 84.7 cm³/mol. The van der Waals surface area contributed by atoms with E-state index >= 15 is 0 Å². The molecule has 0 aromatic heterocycles. The van der Waals surface area contributed by atoms with E-state index in [9.17, 15) is 4.79 Å². The first-order chi connectivity index (χ1) is 10.1. The molecule has 1 aromatic carbocycles. The van der Waals surface area contributed by atoms with Gasteiger partial charge in [-0.25, -0.2) is 0 Å². The largest absolute Gasteiger partial charge is 0.374 e. The highest BCUT2D eigenvalue weighted by molar-refractivity contribution is 5.78. The van der Waals surface area contributed by atoms with Crippen LogP contribution in [0.15, 0.2) is 36.4 Å². The van der Waals surface area contributed by atoms with Crippen LogP contribution in [0.4, 0.5) is 0 Å². The summed E-state index contributed by atoms with van der Waals surface area (Å²) in [5.41, 5.74) is 2.27. The fraction of sp³-hybridized carbons (Fsp3) is 0.500. The maximum Gasteiger partial charge on any atom is 0.223 e. The molecule has 0 unspecified atom stereocenters. The highest BCUT2D eigenvalue weighted by Gasteiger charge is 2.17. The number of carbonyl (C=O) groups excluding carboxylic acids is 1. The molecule has 0 saturated heterocycles. The third kappa shape index (κ3) is 5.35. The van der Waals surface area contributed by atoms with Crippen molar-refractivity contribution in [2.75, 3.05) is 0 Å². The molecule has 0 heterocycles. The summed E-state index contributed by atoms with van der Waals surface area (Å²) in [6, 6.07) is 8.22. The predicted octanol–water partition coefficient (Wildman–Crippen LogP) is 3.58. The van der Waals surface area contributed by atoms with E-state index in [1.54, 1.807) is 0 Å². The summed E-state index contributed by atoms with van der Waals surface area (Å²) in [4.78, 5) is 12.1. The Bertz CT molecular complexity index is 494. The summed E-state index contributed by atoms with van der Waals surface area (Å²) >= 11 is 0. The first kappa shape index (κ1) is 15.8. The second kappa shape index (κ2) is 7.99. The molecule has 0 spiro atoms. The second-order valence-electron chi connectivity index (χ2n) is 5.88. The van der Waals surface area contributed by atoms with Crippen molar-refractivity contribution in [2.45, 2.75) is 52.4 Å². The normalized spacial score (nSPS) is 18.0. The minimum atomic E-state index is 0.141. The molecule has 0 radical (unpaired) electrons. The Morgan fingerprint density at radius 1 is 1.33 bits per heavy atom. The zero-order chi connectivity index (χ0) is 15.1. The molecule has 21 heavy (non-hydrogen) atoms. The lowest BCUT2D eigenvalue weighted by Crippen LogP contribution is -2.30. The minimum Gasteiger partial charge on any atom is -0.374 e. The van der Waals surface area contributed by atoms with Crippen LogP contribution in [0.3, 0.4) is 0 Å². The lowest BCUT2D eigenvalue weighted by atomic mass is 9.93. The Labute approximate surface area is 127 Å². The maximum atomic E-state index is 12.1. The molecule has 0 saturated carbocycles. The zero-order valence-electron chi connectivity index (χ0n) is 13.0. The molecule has 3 nitrogen and oxygen atoms in total. The van der Waals surface area contributed by atoms with Crippen LogP contribution in [-0.4, -0.2) is 12.0 Å². The van der Waals surface area contributed by atoms with E-state index < -0.39 is 0 Å². The van der Waals surface area contributed by atoms with Crippen LogP contribution in [0, 0.1) is 5.92 Å². The summed E-state index contributed by atoms with van der Waals surface area (Å²) in [7, 11) is 0. The molecule has 1 aromatic rings. The molecule has 1 amide bonds. The summed E-state index contributed by atoms with van der Waals surface area (Å²) in [5, 5.41) is 3.05. The van der Waals surface area contributed by atoms with Crippen LogP contribution in [0.2, 0.25) is 0 Å². The van der Waals surface area contributed by atoms with Gasteiger partial charge in [0.2, 0.25) is 5.91 Å². The van der Waals surface area contributed by atoms with Gasteiger partial charge in [-0.15, -0.1) is 0 Å². The lowest BCUT2D eigenvalue weighted by Gasteiger charge is -2.17. The Kier molecular flexibility index (Phi) is 6.00. The third-order valence-electron chi connectivity index (χ3n) is 3.68. The summed E-state index contributed by atoms with van der Waals surface area (Å²) in [5.74, 6) is 0.311. The lowest BCUT2D eigenvalue weighted by molar-refractivity contribution is -0.125. The Hall–Kier alpha value is -1.61. The van der Waals surface area contributed by atoms with Gasteiger partial charge < -0.3 is 10.1 Å². The van der Waals surface area contributed by atoms with E-state index in [-0.39, 0.29) is 17.9 Å². The molecular weight excluding hydrogens is 262 g/mol. The van der Waals surface area contributed by atoms with E-state index in [0.717, 1.165) is 30.4 Å². The molecule has 1 aliphatic carbocycles. The van der Waals surface area contributed by atoms with Gasteiger partial charge in [0.1, 0.15) is 0 Å². The maximum absolute atomic E-state index is 12.1. The van der Waals surface area contributed by atoms with Crippen molar-refractivity contribution in [2.24, 2.45) is 5.92 Å². The Morgan fingerprint density at radius 2 is 2.14 bits per heavy atom. The van der Waals surface area contributed by atoms with Crippen molar-refractivity contribution < 1.29 is 9.53 Å². The fourth-order valence-electron chi connectivity index (χ4n) is 2.46. The van der Waals surface area contributed by atoms with Gasteiger partial charge in [-0.3, -0.25) is 4.79 Å². The van der Waals surface area contributed by atoms with Crippen LogP contribution in [0.5, 0.6) is 0 Å². The quantitative estimate of drug-likeness (QED) is 0.812. The minimum absolute atomic E-state index is 0.141. The number of rotatable bonds is 6. The van der Waals surface area contributed by atoms with Gasteiger partial charge in [-0.1, -0.05) is 36.4 Å². The van der Waals surface area contributed by atoms with E-state index in [1.807, 2.05) is 26.0 Å². The van der Waals surface area contributed by atoms with Gasteiger partial charge in [0.05, 0.1) is 12.7 Å². The van der Waals surface area contributed by atoms with E-state index in [0.29, 0.717) is 13.2 Å². The second-order valence-corrected chi connectivity index (χ2v) is 5.88. The molecule has 3 heteroatoms. The molecule has 1 N–H and O–H groups in total. The fourth-order valence-corrected chi connectivity index (χ4v) is 2.46. The number of amides is 1. The van der Waals surface area contributed by atoms with Gasteiger partial charge in [-0.2, -0.15) is 0 Å². The smallest absolute Gasteiger partial charge is 0.223 e.